The fraction of sp³-hybridized carbons (Fsp3) is 0.609. The van der Waals surface area contributed by atoms with Gasteiger partial charge in [0.15, 0.2) is 5.78 Å². The molecular formula is C23H32O6. The zero-order valence-electron chi connectivity index (χ0n) is 18.1. The molecule has 0 spiro atoms. The van der Waals surface area contributed by atoms with Crippen LogP contribution < -0.4 is 0 Å². The van der Waals surface area contributed by atoms with Gasteiger partial charge >= 0.3 is 11.9 Å². The largest absolute Gasteiger partial charge is 0.463 e. The lowest BCUT2D eigenvalue weighted by atomic mass is 9.61. The van der Waals surface area contributed by atoms with Gasteiger partial charge in [0, 0.05) is 12.3 Å². The summed E-state index contributed by atoms with van der Waals surface area (Å²) in [5.41, 5.74) is 0.0865. The SMILES string of the molecule is CCc1ccc([C@@H]2[C@H](C(=O)OC(C)C)C(=O)C[C@](C)(O)[C@@H]2C(=O)OC(C)C)cc1. The third-order valence-corrected chi connectivity index (χ3v) is 5.25. The Bertz CT molecular complexity index is 739. The lowest BCUT2D eigenvalue weighted by Gasteiger charge is -2.44. The molecule has 0 heterocycles. The van der Waals surface area contributed by atoms with Crippen molar-refractivity contribution in [3.8, 4) is 0 Å². The molecule has 1 aliphatic carbocycles. The summed E-state index contributed by atoms with van der Waals surface area (Å²) >= 11 is 0. The highest BCUT2D eigenvalue weighted by atomic mass is 16.5. The first-order valence-corrected chi connectivity index (χ1v) is 10.2. The monoisotopic (exact) mass is 404 g/mol. The second-order valence-electron chi connectivity index (χ2n) is 8.55. The molecule has 6 heteroatoms. The van der Waals surface area contributed by atoms with Crippen LogP contribution in [0.2, 0.25) is 0 Å². The number of carbonyl (C=O) groups is 3. The Morgan fingerprint density at radius 2 is 1.59 bits per heavy atom. The van der Waals surface area contributed by atoms with Crippen molar-refractivity contribution in [3.63, 3.8) is 0 Å². The number of aliphatic hydroxyl groups is 1. The molecule has 160 valence electrons. The molecule has 0 aliphatic heterocycles. The third-order valence-electron chi connectivity index (χ3n) is 5.25. The van der Waals surface area contributed by atoms with Crippen LogP contribution in [0.4, 0.5) is 0 Å². The molecule has 6 nitrogen and oxygen atoms in total. The predicted octanol–water partition coefficient (Wildman–Crippen LogP) is 3.19. The molecule has 1 aromatic carbocycles. The fourth-order valence-electron chi connectivity index (χ4n) is 4.00. The summed E-state index contributed by atoms with van der Waals surface area (Å²) in [6.45, 7) is 10.3. The molecule has 0 bridgehead atoms. The Labute approximate surface area is 172 Å². The van der Waals surface area contributed by atoms with Gasteiger partial charge in [-0.05, 0) is 52.2 Å². The van der Waals surface area contributed by atoms with Crippen LogP contribution in [0.3, 0.4) is 0 Å². The van der Waals surface area contributed by atoms with Crippen LogP contribution in [0.15, 0.2) is 24.3 Å². The molecule has 0 saturated heterocycles. The normalized spacial score (nSPS) is 27.2. The Balaban J connectivity index is 2.60. The van der Waals surface area contributed by atoms with Gasteiger partial charge in [0.05, 0.1) is 23.7 Å². The van der Waals surface area contributed by atoms with Gasteiger partial charge in [-0.25, -0.2) is 0 Å². The zero-order chi connectivity index (χ0) is 21.9. The van der Waals surface area contributed by atoms with Gasteiger partial charge in [-0.3, -0.25) is 14.4 Å². The highest BCUT2D eigenvalue weighted by Crippen LogP contribution is 2.47. The highest BCUT2D eigenvalue weighted by molar-refractivity contribution is 6.02. The Morgan fingerprint density at radius 3 is 2.07 bits per heavy atom. The molecule has 1 aliphatic rings. The van der Waals surface area contributed by atoms with E-state index in [-0.39, 0.29) is 12.5 Å². The zero-order valence-corrected chi connectivity index (χ0v) is 18.1. The number of Topliss-reactive ketones (excluding diaryl/α,β-unsaturated/α-hetero) is 1. The van der Waals surface area contributed by atoms with Crippen LogP contribution in [-0.4, -0.2) is 40.6 Å². The molecule has 1 N–H and O–H groups in total. The van der Waals surface area contributed by atoms with E-state index in [2.05, 4.69) is 0 Å². The van der Waals surface area contributed by atoms with Gasteiger partial charge in [0.2, 0.25) is 0 Å². The van der Waals surface area contributed by atoms with E-state index in [1.807, 2.05) is 31.2 Å². The van der Waals surface area contributed by atoms with E-state index in [1.54, 1.807) is 27.7 Å². The van der Waals surface area contributed by atoms with Gasteiger partial charge in [0.25, 0.3) is 0 Å². The molecule has 0 radical (unpaired) electrons. The third kappa shape index (κ3) is 5.24. The van der Waals surface area contributed by atoms with Crippen molar-refractivity contribution in [2.45, 2.75) is 78.1 Å². The van der Waals surface area contributed by atoms with Gasteiger partial charge < -0.3 is 14.6 Å². The average Bonchev–Trinajstić information content (AvgIpc) is 2.58. The van der Waals surface area contributed by atoms with Crippen LogP contribution in [0.25, 0.3) is 0 Å². The molecule has 0 unspecified atom stereocenters. The van der Waals surface area contributed by atoms with Crippen molar-refractivity contribution in [1.82, 2.24) is 0 Å². The number of carbonyl (C=O) groups excluding carboxylic acids is 3. The number of rotatable bonds is 6. The van der Waals surface area contributed by atoms with E-state index in [0.29, 0.717) is 5.56 Å². The number of hydrogen-bond acceptors (Lipinski definition) is 6. The summed E-state index contributed by atoms with van der Waals surface area (Å²) in [5, 5.41) is 11.0. The summed E-state index contributed by atoms with van der Waals surface area (Å²) < 4.78 is 10.7. The molecule has 0 amide bonds. The smallest absolute Gasteiger partial charge is 0.317 e. The molecule has 29 heavy (non-hydrogen) atoms. The van der Waals surface area contributed by atoms with Gasteiger partial charge in [0.1, 0.15) is 5.92 Å². The van der Waals surface area contributed by atoms with Gasteiger partial charge in [-0.15, -0.1) is 0 Å². The van der Waals surface area contributed by atoms with E-state index >= 15 is 0 Å². The summed E-state index contributed by atoms with van der Waals surface area (Å²) in [6.07, 6.45) is -0.270. The molecular weight excluding hydrogens is 372 g/mol. The molecule has 4 atom stereocenters. The lowest BCUT2D eigenvalue weighted by molar-refractivity contribution is -0.176. The Hall–Kier alpha value is -2.21. The minimum atomic E-state index is -1.63. The van der Waals surface area contributed by atoms with E-state index in [9.17, 15) is 19.5 Å². The topological polar surface area (TPSA) is 89.9 Å². The van der Waals surface area contributed by atoms with Crippen molar-refractivity contribution in [3.05, 3.63) is 35.4 Å². The highest BCUT2D eigenvalue weighted by Gasteiger charge is 2.57. The van der Waals surface area contributed by atoms with Crippen LogP contribution >= 0.6 is 0 Å². The molecule has 1 saturated carbocycles. The van der Waals surface area contributed by atoms with Crippen molar-refractivity contribution >= 4 is 17.7 Å². The van der Waals surface area contributed by atoms with E-state index < -0.39 is 47.2 Å². The lowest BCUT2D eigenvalue weighted by Crippen LogP contribution is -2.55. The molecule has 2 rings (SSSR count). The van der Waals surface area contributed by atoms with Crippen molar-refractivity contribution in [1.29, 1.82) is 0 Å². The van der Waals surface area contributed by atoms with Crippen molar-refractivity contribution in [2.24, 2.45) is 11.8 Å². The number of esters is 2. The van der Waals surface area contributed by atoms with E-state index in [4.69, 9.17) is 9.47 Å². The minimum Gasteiger partial charge on any atom is -0.463 e. The molecule has 1 fully saturated rings. The first kappa shape index (κ1) is 23.1. The van der Waals surface area contributed by atoms with Crippen LogP contribution in [0.5, 0.6) is 0 Å². The van der Waals surface area contributed by atoms with Crippen molar-refractivity contribution < 1.29 is 29.0 Å². The first-order chi connectivity index (χ1) is 13.5. The van der Waals surface area contributed by atoms with E-state index in [1.165, 1.54) is 6.92 Å². The van der Waals surface area contributed by atoms with Crippen LogP contribution in [-0.2, 0) is 30.3 Å². The van der Waals surface area contributed by atoms with E-state index in [0.717, 1.165) is 12.0 Å². The molecule has 0 aromatic heterocycles. The fourth-order valence-corrected chi connectivity index (χ4v) is 4.00. The first-order valence-electron chi connectivity index (χ1n) is 10.2. The number of aryl methyl sites for hydroxylation is 1. The standard InChI is InChI=1S/C23H32O6/c1-7-15-8-10-16(11-9-15)18-19(21(25)28-13(2)3)17(24)12-23(6,27)20(18)22(26)29-14(4)5/h8-11,13-14,18-20,27H,7,12H2,1-6H3/t18-,19-,20+,23+/m1/s1. The maximum atomic E-state index is 13.0. The summed E-state index contributed by atoms with van der Waals surface area (Å²) in [5.74, 6) is -4.83. The van der Waals surface area contributed by atoms with Gasteiger partial charge in [-0.1, -0.05) is 31.2 Å². The maximum absolute atomic E-state index is 13.0. The molecule has 1 aromatic rings. The summed E-state index contributed by atoms with van der Waals surface area (Å²) in [7, 11) is 0. The van der Waals surface area contributed by atoms with Crippen LogP contribution in [0.1, 0.15) is 65.0 Å². The predicted molar refractivity (Wildman–Crippen MR) is 108 cm³/mol. The van der Waals surface area contributed by atoms with Crippen molar-refractivity contribution in [2.75, 3.05) is 0 Å². The number of ether oxygens (including phenoxy) is 2. The summed E-state index contributed by atoms with van der Waals surface area (Å²) in [6, 6.07) is 7.42. The quantitative estimate of drug-likeness (QED) is 0.578. The van der Waals surface area contributed by atoms with Gasteiger partial charge in [-0.2, -0.15) is 0 Å². The van der Waals surface area contributed by atoms with Crippen LogP contribution in [0, 0.1) is 11.8 Å². The summed E-state index contributed by atoms with van der Waals surface area (Å²) in [4.78, 5) is 38.7. The Morgan fingerprint density at radius 1 is 1.07 bits per heavy atom. The Kier molecular flexibility index (Phi) is 7.22. The number of ketones is 1. The minimum absolute atomic E-state index is 0.313. The number of hydrogen-bond donors (Lipinski definition) is 1. The number of benzene rings is 1. The second kappa shape index (κ2) is 9.08. The average molecular weight is 405 g/mol. The maximum Gasteiger partial charge on any atom is 0.317 e. The second-order valence-corrected chi connectivity index (χ2v) is 8.55.